The average molecular weight is 212 g/mol. The Hall–Kier alpha value is -0.900. The van der Waals surface area contributed by atoms with Crippen molar-refractivity contribution in [2.24, 2.45) is 0 Å². The number of rotatable bonds is 2. The van der Waals surface area contributed by atoms with Crippen LogP contribution in [0.2, 0.25) is 0 Å². The van der Waals surface area contributed by atoms with E-state index in [4.69, 9.17) is 4.42 Å². The van der Waals surface area contributed by atoms with E-state index in [1.807, 2.05) is 0 Å². The normalized spacial score (nSPS) is 19.4. The number of aromatic nitrogens is 1. The van der Waals surface area contributed by atoms with Crippen LogP contribution in [0.3, 0.4) is 0 Å². The van der Waals surface area contributed by atoms with Gasteiger partial charge in [0.05, 0.1) is 6.20 Å². The highest BCUT2D eigenvalue weighted by Crippen LogP contribution is 2.30. The number of hydrogen-bond acceptors (Lipinski definition) is 3. The highest BCUT2D eigenvalue weighted by molar-refractivity contribution is 5.06. The molecule has 0 aliphatic carbocycles. The maximum Gasteiger partial charge on any atom is 0.197 e. The van der Waals surface area contributed by atoms with Gasteiger partial charge in [0, 0.05) is 5.92 Å². The van der Waals surface area contributed by atoms with Gasteiger partial charge in [-0.1, -0.05) is 0 Å². The monoisotopic (exact) mass is 212 g/mol. The van der Waals surface area contributed by atoms with Gasteiger partial charge in [-0.05, 0) is 39.8 Å². The molecule has 0 saturated carbocycles. The summed E-state index contributed by atoms with van der Waals surface area (Å²) < 4.78 is 19.0. The van der Waals surface area contributed by atoms with Crippen LogP contribution in [0.15, 0.2) is 10.6 Å². The first-order valence-corrected chi connectivity index (χ1v) is 5.43. The Morgan fingerprint density at radius 2 is 2.13 bits per heavy atom. The van der Waals surface area contributed by atoms with Gasteiger partial charge in [0.1, 0.15) is 0 Å². The molecule has 1 saturated heterocycles. The smallest absolute Gasteiger partial charge is 0.197 e. The van der Waals surface area contributed by atoms with E-state index in [1.165, 1.54) is 20.0 Å². The van der Waals surface area contributed by atoms with Crippen molar-refractivity contribution in [2.45, 2.75) is 38.3 Å². The van der Waals surface area contributed by atoms with Gasteiger partial charge < -0.3 is 9.73 Å². The molecule has 0 bridgehead atoms. The molecule has 0 aromatic carbocycles. The summed E-state index contributed by atoms with van der Waals surface area (Å²) >= 11 is 0. The van der Waals surface area contributed by atoms with Gasteiger partial charge in [-0.2, -0.15) is 0 Å². The van der Waals surface area contributed by atoms with Gasteiger partial charge in [0.15, 0.2) is 17.3 Å². The Morgan fingerprint density at radius 3 is 2.67 bits per heavy atom. The zero-order chi connectivity index (χ0) is 10.9. The lowest BCUT2D eigenvalue weighted by Gasteiger charge is -2.19. The van der Waals surface area contributed by atoms with Crippen LogP contribution < -0.4 is 5.32 Å². The zero-order valence-corrected chi connectivity index (χ0v) is 9.22. The van der Waals surface area contributed by atoms with Crippen molar-refractivity contribution in [3.8, 4) is 0 Å². The minimum absolute atomic E-state index is 0.330. The van der Waals surface area contributed by atoms with Crippen LogP contribution in [-0.2, 0) is 5.67 Å². The fraction of sp³-hybridized carbons (Fsp3) is 0.727. The van der Waals surface area contributed by atoms with Crippen LogP contribution in [0.25, 0.3) is 0 Å². The molecule has 84 valence electrons. The summed E-state index contributed by atoms with van der Waals surface area (Å²) in [6, 6.07) is 0. The molecule has 0 amide bonds. The fourth-order valence-corrected chi connectivity index (χ4v) is 1.82. The summed E-state index contributed by atoms with van der Waals surface area (Å²) in [5.74, 6) is 1.37. The number of alkyl halides is 1. The second kappa shape index (κ2) is 3.93. The second-order valence-corrected chi connectivity index (χ2v) is 4.56. The highest BCUT2D eigenvalue weighted by Gasteiger charge is 2.27. The predicted octanol–water partition coefficient (Wildman–Crippen LogP) is 2.35. The van der Waals surface area contributed by atoms with Crippen molar-refractivity contribution in [3.63, 3.8) is 0 Å². The average Bonchev–Trinajstić information content (AvgIpc) is 2.67. The third-order valence-electron chi connectivity index (χ3n) is 2.80. The lowest BCUT2D eigenvalue weighted by Crippen LogP contribution is -2.26. The van der Waals surface area contributed by atoms with Gasteiger partial charge in [-0.3, -0.25) is 0 Å². The van der Waals surface area contributed by atoms with E-state index in [9.17, 15) is 4.39 Å². The van der Waals surface area contributed by atoms with Crippen LogP contribution in [0.5, 0.6) is 0 Å². The van der Waals surface area contributed by atoms with Crippen molar-refractivity contribution in [3.05, 3.63) is 17.8 Å². The third kappa shape index (κ3) is 2.37. The molecule has 0 radical (unpaired) electrons. The minimum atomic E-state index is -1.43. The number of nitrogens with zero attached hydrogens (tertiary/aromatic N) is 1. The Morgan fingerprint density at radius 1 is 1.47 bits per heavy atom. The minimum Gasteiger partial charge on any atom is -0.442 e. The molecule has 1 aliphatic heterocycles. The van der Waals surface area contributed by atoms with Gasteiger partial charge >= 0.3 is 0 Å². The molecule has 15 heavy (non-hydrogen) atoms. The zero-order valence-electron chi connectivity index (χ0n) is 9.22. The van der Waals surface area contributed by atoms with E-state index in [0.717, 1.165) is 25.9 Å². The van der Waals surface area contributed by atoms with Crippen LogP contribution in [0, 0.1) is 0 Å². The molecular weight excluding hydrogens is 195 g/mol. The number of oxazole rings is 1. The topological polar surface area (TPSA) is 38.1 Å². The molecule has 0 spiro atoms. The van der Waals surface area contributed by atoms with Gasteiger partial charge in [0.25, 0.3) is 0 Å². The molecule has 1 N–H and O–H groups in total. The number of halogens is 1. The molecular formula is C11H17FN2O. The maximum atomic E-state index is 13.6. The van der Waals surface area contributed by atoms with E-state index in [1.54, 1.807) is 0 Å². The van der Waals surface area contributed by atoms with Crippen molar-refractivity contribution in [2.75, 3.05) is 13.1 Å². The number of nitrogens with one attached hydrogen (secondary N) is 1. The highest BCUT2D eigenvalue weighted by atomic mass is 19.1. The molecule has 0 unspecified atom stereocenters. The number of hydrogen-bond donors (Lipinski definition) is 1. The summed E-state index contributed by atoms with van der Waals surface area (Å²) in [5.41, 5.74) is -1.43. The summed E-state index contributed by atoms with van der Waals surface area (Å²) in [6.07, 6.45) is 3.55. The van der Waals surface area contributed by atoms with Gasteiger partial charge in [-0.15, -0.1) is 0 Å². The van der Waals surface area contributed by atoms with Gasteiger partial charge in [0.2, 0.25) is 0 Å². The third-order valence-corrected chi connectivity index (χ3v) is 2.80. The Labute approximate surface area is 89.1 Å². The van der Waals surface area contributed by atoms with Crippen LogP contribution >= 0.6 is 0 Å². The first-order valence-electron chi connectivity index (χ1n) is 5.43. The van der Waals surface area contributed by atoms with Crippen molar-refractivity contribution >= 4 is 0 Å². The first-order chi connectivity index (χ1) is 7.07. The molecule has 3 nitrogen and oxygen atoms in total. The molecule has 2 heterocycles. The lowest BCUT2D eigenvalue weighted by molar-refractivity contribution is 0.172. The Balaban J connectivity index is 2.12. The Bertz CT molecular complexity index is 324. The van der Waals surface area contributed by atoms with Gasteiger partial charge in [-0.25, -0.2) is 9.37 Å². The fourth-order valence-electron chi connectivity index (χ4n) is 1.82. The Kier molecular flexibility index (Phi) is 2.78. The summed E-state index contributed by atoms with van der Waals surface area (Å²) in [6.45, 7) is 4.95. The summed E-state index contributed by atoms with van der Waals surface area (Å²) in [4.78, 5) is 4.17. The second-order valence-electron chi connectivity index (χ2n) is 4.56. The number of piperidine rings is 1. The van der Waals surface area contributed by atoms with Crippen molar-refractivity contribution < 1.29 is 8.81 Å². The summed E-state index contributed by atoms with van der Waals surface area (Å²) in [7, 11) is 0. The largest absolute Gasteiger partial charge is 0.442 e. The molecule has 1 aromatic rings. The van der Waals surface area contributed by atoms with E-state index in [2.05, 4.69) is 10.3 Å². The first kappa shape index (κ1) is 10.6. The van der Waals surface area contributed by atoms with Crippen molar-refractivity contribution in [1.82, 2.24) is 10.3 Å². The van der Waals surface area contributed by atoms with E-state index in [-0.39, 0.29) is 0 Å². The predicted molar refractivity (Wildman–Crippen MR) is 55.5 cm³/mol. The van der Waals surface area contributed by atoms with E-state index in [0.29, 0.717) is 17.6 Å². The maximum absolute atomic E-state index is 13.6. The molecule has 1 aromatic heterocycles. The molecule has 2 rings (SSSR count). The molecule has 4 heteroatoms. The van der Waals surface area contributed by atoms with Crippen LogP contribution in [0.1, 0.15) is 44.3 Å². The van der Waals surface area contributed by atoms with Crippen LogP contribution in [0.4, 0.5) is 4.39 Å². The summed E-state index contributed by atoms with van der Waals surface area (Å²) in [5, 5.41) is 3.28. The van der Waals surface area contributed by atoms with E-state index >= 15 is 0 Å². The molecule has 1 fully saturated rings. The molecule has 0 atom stereocenters. The SMILES string of the molecule is CC(C)(F)c1cnc(C2CCNCC2)o1. The quantitative estimate of drug-likeness (QED) is 0.817. The van der Waals surface area contributed by atoms with Crippen molar-refractivity contribution in [1.29, 1.82) is 0 Å². The van der Waals surface area contributed by atoms with E-state index < -0.39 is 5.67 Å². The molecule has 1 aliphatic rings. The lowest BCUT2D eigenvalue weighted by atomic mass is 9.98. The van der Waals surface area contributed by atoms with Crippen LogP contribution in [-0.4, -0.2) is 18.1 Å². The standard InChI is InChI=1S/C11H17FN2O/c1-11(2,12)9-7-14-10(15-9)8-3-5-13-6-4-8/h7-8,13H,3-6H2,1-2H3.